The van der Waals surface area contributed by atoms with E-state index in [1.807, 2.05) is 31.2 Å². The lowest BCUT2D eigenvalue weighted by Crippen LogP contribution is -3.12. The van der Waals surface area contributed by atoms with Crippen LogP contribution in [0, 0.1) is 0 Å². The predicted octanol–water partition coefficient (Wildman–Crippen LogP) is 1.73. The van der Waals surface area contributed by atoms with Crippen molar-refractivity contribution in [2.45, 2.75) is 32.6 Å². The van der Waals surface area contributed by atoms with Crippen LogP contribution in [0.5, 0.6) is 5.75 Å². The molecule has 1 heterocycles. The molecule has 0 amide bonds. The zero-order chi connectivity index (χ0) is 13.5. The summed E-state index contributed by atoms with van der Waals surface area (Å²) in [7, 11) is 0. The van der Waals surface area contributed by atoms with Crippen molar-refractivity contribution in [2.24, 2.45) is 0 Å². The fraction of sp³-hybridized carbons (Fsp3) is 0.562. The lowest BCUT2D eigenvalue weighted by atomic mass is 10.1. The molecule has 0 bridgehead atoms. The van der Waals surface area contributed by atoms with E-state index in [0.717, 1.165) is 17.9 Å². The van der Waals surface area contributed by atoms with Crippen molar-refractivity contribution in [3.8, 4) is 5.75 Å². The van der Waals surface area contributed by atoms with Gasteiger partial charge < -0.3 is 9.64 Å². The van der Waals surface area contributed by atoms with Crippen LogP contribution in [0.3, 0.4) is 0 Å². The highest BCUT2D eigenvalue weighted by Gasteiger charge is 2.15. The summed E-state index contributed by atoms with van der Waals surface area (Å²) < 4.78 is 5.38. The molecule has 0 aromatic heterocycles. The topological polar surface area (TPSA) is 30.7 Å². The smallest absolute Gasteiger partial charge is 0.168 e. The van der Waals surface area contributed by atoms with Gasteiger partial charge in [0.25, 0.3) is 0 Å². The largest absolute Gasteiger partial charge is 0.494 e. The zero-order valence-electron chi connectivity index (χ0n) is 11.8. The number of quaternary nitrogens is 1. The minimum absolute atomic E-state index is 0.251. The van der Waals surface area contributed by atoms with Gasteiger partial charge in [0, 0.05) is 5.56 Å². The van der Waals surface area contributed by atoms with Crippen LogP contribution in [0.15, 0.2) is 24.3 Å². The standard InChI is InChI=1S/C16H23NO2/c1-2-19-15-8-6-14(7-9-15)16(18)10-13-17-11-4-3-5-12-17/h6-9H,2-5,10-13H2,1H3/p+1. The quantitative estimate of drug-likeness (QED) is 0.792. The molecule has 1 aliphatic rings. The summed E-state index contributed by atoms with van der Waals surface area (Å²) in [4.78, 5) is 13.7. The van der Waals surface area contributed by atoms with E-state index in [4.69, 9.17) is 4.74 Å². The summed E-state index contributed by atoms with van der Waals surface area (Å²) in [5, 5.41) is 0. The Morgan fingerprint density at radius 3 is 2.47 bits per heavy atom. The van der Waals surface area contributed by atoms with E-state index in [-0.39, 0.29) is 5.78 Å². The van der Waals surface area contributed by atoms with Crippen molar-refractivity contribution in [1.82, 2.24) is 0 Å². The highest BCUT2D eigenvalue weighted by Crippen LogP contribution is 2.13. The van der Waals surface area contributed by atoms with Crippen LogP contribution in [-0.2, 0) is 0 Å². The molecule has 3 heteroatoms. The van der Waals surface area contributed by atoms with Crippen LogP contribution >= 0.6 is 0 Å². The average Bonchev–Trinajstić information content (AvgIpc) is 2.47. The SMILES string of the molecule is CCOc1ccc(C(=O)CC[NH+]2CCCCC2)cc1. The third-order valence-corrected chi connectivity index (χ3v) is 3.75. The Kier molecular flexibility index (Phi) is 5.40. The van der Waals surface area contributed by atoms with Crippen LogP contribution in [0.4, 0.5) is 0 Å². The maximum Gasteiger partial charge on any atom is 0.168 e. The van der Waals surface area contributed by atoms with Crippen molar-refractivity contribution in [3.63, 3.8) is 0 Å². The van der Waals surface area contributed by atoms with Crippen molar-refractivity contribution >= 4 is 5.78 Å². The normalized spacial score (nSPS) is 16.3. The van der Waals surface area contributed by atoms with Gasteiger partial charge >= 0.3 is 0 Å². The van der Waals surface area contributed by atoms with Crippen molar-refractivity contribution in [2.75, 3.05) is 26.2 Å². The van der Waals surface area contributed by atoms with Crippen molar-refractivity contribution in [1.29, 1.82) is 0 Å². The average molecular weight is 262 g/mol. The Bertz CT molecular complexity index is 394. The number of hydrogen-bond donors (Lipinski definition) is 1. The number of hydrogen-bond acceptors (Lipinski definition) is 2. The third kappa shape index (κ3) is 4.35. The molecule has 0 aliphatic carbocycles. The molecule has 1 aromatic carbocycles. The van der Waals surface area contributed by atoms with Gasteiger partial charge in [-0.15, -0.1) is 0 Å². The van der Waals surface area contributed by atoms with E-state index >= 15 is 0 Å². The fourth-order valence-electron chi connectivity index (χ4n) is 2.64. The van der Waals surface area contributed by atoms with Gasteiger partial charge in [-0.05, 0) is 50.5 Å². The first kappa shape index (κ1) is 14.1. The number of benzene rings is 1. The predicted molar refractivity (Wildman–Crippen MR) is 76.0 cm³/mol. The molecule has 1 saturated heterocycles. The van der Waals surface area contributed by atoms with Gasteiger partial charge in [-0.25, -0.2) is 0 Å². The Morgan fingerprint density at radius 1 is 1.16 bits per heavy atom. The summed E-state index contributed by atoms with van der Waals surface area (Å²) >= 11 is 0. The Labute approximate surface area is 115 Å². The molecular formula is C16H24NO2+. The van der Waals surface area contributed by atoms with Gasteiger partial charge in [0.05, 0.1) is 32.7 Å². The zero-order valence-corrected chi connectivity index (χ0v) is 11.8. The third-order valence-electron chi connectivity index (χ3n) is 3.75. The molecule has 0 saturated carbocycles. The second-order valence-electron chi connectivity index (χ2n) is 5.19. The highest BCUT2D eigenvalue weighted by molar-refractivity contribution is 5.96. The minimum Gasteiger partial charge on any atom is -0.494 e. The van der Waals surface area contributed by atoms with Gasteiger partial charge in [-0.3, -0.25) is 4.79 Å². The summed E-state index contributed by atoms with van der Waals surface area (Å²) in [5.74, 6) is 1.09. The second-order valence-corrected chi connectivity index (χ2v) is 5.19. The molecule has 0 unspecified atom stereocenters. The number of carbonyl (C=O) groups excluding carboxylic acids is 1. The first-order chi connectivity index (χ1) is 9.29. The van der Waals surface area contributed by atoms with E-state index in [2.05, 4.69) is 0 Å². The van der Waals surface area contributed by atoms with Crippen LogP contribution in [-0.4, -0.2) is 32.0 Å². The number of likely N-dealkylation sites (tertiary alicyclic amines) is 1. The molecule has 3 nitrogen and oxygen atoms in total. The molecule has 2 rings (SSSR count). The van der Waals surface area contributed by atoms with E-state index < -0.39 is 0 Å². The highest BCUT2D eigenvalue weighted by atomic mass is 16.5. The van der Waals surface area contributed by atoms with Gasteiger partial charge in [0.1, 0.15) is 5.75 Å². The van der Waals surface area contributed by atoms with E-state index in [9.17, 15) is 4.79 Å². The molecule has 1 fully saturated rings. The van der Waals surface area contributed by atoms with Crippen LogP contribution in [0.1, 0.15) is 43.0 Å². The van der Waals surface area contributed by atoms with E-state index in [1.165, 1.54) is 32.4 Å². The Balaban J connectivity index is 1.81. The lowest BCUT2D eigenvalue weighted by molar-refractivity contribution is -0.904. The molecular weight excluding hydrogens is 238 g/mol. The summed E-state index contributed by atoms with van der Waals surface area (Å²) in [5.41, 5.74) is 0.805. The molecule has 1 N–H and O–H groups in total. The Morgan fingerprint density at radius 2 is 1.84 bits per heavy atom. The van der Waals surface area contributed by atoms with Crippen LogP contribution < -0.4 is 9.64 Å². The van der Waals surface area contributed by atoms with Gasteiger partial charge in [0.2, 0.25) is 0 Å². The molecule has 104 valence electrons. The summed E-state index contributed by atoms with van der Waals surface area (Å²) in [6, 6.07) is 7.51. The first-order valence-electron chi connectivity index (χ1n) is 7.39. The second kappa shape index (κ2) is 7.29. The molecule has 1 aromatic rings. The van der Waals surface area contributed by atoms with Crippen molar-refractivity contribution in [3.05, 3.63) is 29.8 Å². The number of carbonyl (C=O) groups is 1. The number of rotatable bonds is 6. The number of Topliss-reactive ketones (excluding diaryl/α,β-unsaturated/α-hetero) is 1. The van der Waals surface area contributed by atoms with Gasteiger partial charge in [-0.1, -0.05) is 0 Å². The lowest BCUT2D eigenvalue weighted by Gasteiger charge is -2.23. The summed E-state index contributed by atoms with van der Waals surface area (Å²) in [6.45, 7) is 6.06. The monoisotopic (exact) mass is 262 g/mol. The van der Waals surface area contributed by atoms with Gasteiger partial charge in [0.15, 0.2) is 5.78 Å². The van der Waals surface area contributed by atoms with Crippen LogP contribution in [0.2, 0.25) is 0 Å². The van der Waals surface area contributed by atoms with Crippen LogP contribution in [0.25, 0.3) is 0 Å². The van der Waals surface area contributed by atoms with E-state index in [1.54, 1.807) is 4.90 Å². The number of ketones is 1. The van der Waals surface area contributed by atoms with E-state index in [0.29, 0.717) is 13.0 Å². The van der Waals surface area contributed by atoms with Gasteiger partial charge in [-0.2, -0.15) is 0 Å². The molecule has 0 atom stereocenters. The Hall–Kier alpha value is -1.35. The number of piperidine rings is 1. The molecule has 1 aliphatic heterocycles. The number of ether oxygens (including phenoxy) is 1. The molecule has 0 radical (unpaired) electrons. The first-order valence-corrected chi connectivity index (χ1v) is 7.39. The molecule has 0 spiro atoms. The number of nitrogens with one attached hydrogen (secondary N) is 1. The maximum atomic E-state index is 12.1. The minimum atomic E-state index is 0.251. The van der Waals surface area contributed by atoms with Crippen molar-refractivity contribution < 1.29 is 14.4 Å². The molecule has 19 heavy (non-hydrogen) atoms. The fourth-order valence-corrected chi connectivity index (χ4v) is 2.64. The summed E-state index contributed by atoms with van der Waals surface area (Å²) in [6.07, 6.45) is 4.64. The maximum absolute atomic E-state index is 12.1.